The molecule has 0 fully saturated rings. The molecule has 25 heavy (non-hydrogen) atoms. The van der Waals surface area contributed by atoms with Gasteiger partial charge in [0.15, 0.2) is 0 Å². The fourth-order valence-electron chi connectivity index (χ4n) is 2.77. The van der Waals surface area contributed by atoms with Gasteiger partial charge in [0.2, 0.25) is 0 Å². The Labute approximate surface area is 148 Å². The lowest BCUT2D eigenvalue weighted by Gasteiger charge is -2.16. The summed E-state index contributed by atoms with van der Waals surface area (Å²) in [6, 6.07) is 15.1. The molecule has 0 amide bonds. The highest BCUT2D eigenvalue weighted by Gasteiger charge is 2.09. The van der Waals surface area contributed by atoms with Crippen molar-refractivity contribution in [3.05, 3.63) is 77.9 Å². The van der Waals surface area contributed by atoms with Crippen LogP contribution < -0.4 is 10.1 Å². The van der Waals surface area contributed by atoms with Crippen molar-refractivity contribution >= 4 is 0 Å². The topological polar surface area (TPSA) is 47.0 Å². The van der Waals surface area contributed by atoms with Crippen LogP contribution in [-0.4, -0.2) is 17.1 Å². The van der Waals surface area contributed by atoms with Crippen LogP contribution in [0.5, 0.6) is 5.75 Å². The second-order valence-electron chi connectivity index (χ2n) is 6.18. The highest BCUT2D eigenvalue weighted by Crippen LogP contribution is 2.30. The lowest BCUT2D eigenvalue weighted by Crippen LogP contribution is -2.18. The van der Waals surface area contributed by atoms with Crippen molar-refractivity contribution in [2.75, 3.05) is 7.11 Å². The maximum atomic E-state index is 5.48. The average molecular weight is 333 g/mol. The van der Waals surface area contributed by atoms with E-state index in [0.29, 0.717) is 0 Å². The Hall–Kier alpha value is -2.72. The van der Waals surface area contributed by atoms with Crippen LogP contribution in [0.25, 0.3) is 11.1 Å². The van der Waals surface area contributed by atoms with Gasteiger partial charge in [0.1, 0.15) is 12.1 Å². The third-order valence-corrected chi connectivity index (χ3v) is 4.33. The quantitative estimate of drug-likeness (QED) is 0.730. The number of benzene rings is 2. The normalized spacial score (nSPS) is 12.0. The fourth-order valence-corrected chi connectivity index (χ4v) is 2.77. The second-order valence-corrected chi connectivity index (χ2v) is 6.18. The van der Waals surface area contributed by atoms with E-state index < -0.39 is 0 Å². The van der Waals surface area contributed by atoms with Gasteiger partial charge in [-0.2, -0.15) is 0 Å². The molecule has 128 valence electrons. The van der Waals surface area contributed by atoms with E-state index in [1.165, 1.54) is 23.0 Å². The van der Waals surface area contributed by atoms with Gasteiger partial charge in [-0.3, -0.25) is 0 Å². The minimum Gasteiger partial charge on any atom is -0.496 e. The van der Waals surface area contributed by atoms with E-state index in [2.05, 4.69) is 65.5 Å². The summed E-state index contributed by atoms with van der Waals surface area (Å²) < 4.78 is 5.48. The zero-order chi connectivity index (χ0) is 17.6. The number of ether oxygens (including phenoxy) is 1. The van der Waals surface area contributed by atoms with Gasteiger partial charge in [-0.1, -0.05) is 35.9 Å². The van der Waals surface area contributed by atoms with Gasteiger partial charge in [0.05, 0.1) is 7.11 Å². The zero-order valence-electron chi connectivity index (χ0n) is 14.9. The van der Waals surface area contributed by atoms with E-state index in [4.69, 9.17) is 4.74 Å². The standard InChI is InChI=1S/C21H23N3O/c1-15-4-7-18(8-5-15)16(2)24-11-17-6-9-21(25-3)20(10-17)19-12-22-14-23-13-19/h4-10,12-14,16,24H,11H2,1-3H3/t16-/m1/s1. The van der Waals surface area contributed by atoms with Crippen molar-refractivity contribution in [3.63, 3.8) is 0 Å². The van der Waals surface area contributed by atoms with Gasteiger partial charge in [-0.25, -0.2) is 9.97 Å². The first-order valence-corrected chi connectivity index (χ1v) is 8.39. The number of methoxy groups -OCH3 is 1. The molecule has 2 aromatic carbocycles. The number of nitrogens with one attached hydrogen (secondary N) is 1. The highest BCUT2D eigenvalue weighted by molar-refractivity contribution is 5.69. The summed E-state index contributed by atoms with van der Waals surface area (Å²) in [7, 11) is 1.68. The van der Waals surface area contributed by atoms with Crippen LogP contribution in [0, 0.1) is 6.92 Å². The number of aromatic nitrogens is 2. The molecule has 1 atom stereocenters. The molecule has 0 aliphatic carbocycles. The predicted octanol–water partition coefficient (Wildman–Crippen LogP) is 4.31. The molecule has 0 aliphatic rings. The van der Waals surface area contributed by atoms with Gasteiger partial charge >= 0.3 is 0 Å². The molecule has 0 aliphatic heterocycles. The third-order valence-electron chi connectivity index (χ3n) is 4.33. The summed E-state index contributed by atoms with van der Waals surface area (Å²) >= 11 is 0. The average Bonchev–Trinajstić information content (AvgIpc) is 2.67. The molecule has 1 N–H and O–H groups in total. The van der Waals surface area contributed by atoms with Crippen molar-refractivity contribution in [2.45, 2.75) is 26.4 Å². The summed E-state index contributed by atoms with van der Waals surface area (Å²) in [5.41, 5.74) is 5.72. The molecule has 4 heteroatoms. The van der Waals surface area contributed by atoms with Crippen LogP contribution >= 0.6 is 0 Å². The minimum absolute atomic E-state index is 0.284. The van der Waals surface area contributed by atoms with Crippen molar-refractivity contribution in [3.8, 4) is 16.9 Å². The van der Waals surface area contributed by atoms with Gasteiger partial charge in [0, 0.05) is 36.1 Å². The predicted molar refractivity (Wildman–Crippen MR) is 100 cm³/mol. The van der Waals surface area contributed by atoms with Gasteiger partial charge < -0.3 is 10.1 Å². The van der Waals surface area contributed by atoms with Crippen molar-refractivity contribution in [2.24, 2.45) is 0 Å². The largest absolute Gasteiger partial charge is 0.496 e. The van der Waals surface area contributed by atoms with Crippen LogP contribution in [0.2, 0.25) is 0 Å². The van der Waals surface area contributed by atoms with Gasteiger partial charge in [-0.15, -0.1) is 0 Å². The molecule has 3 aromatic rings. The van der Waals surface area contributed by atoms with Crippen molar-refractivity contribution in [1.29, 1.82) is 0 Å². The van der Waals surface area contributed by atoms with Gasteiger partial charge in [0.25, 0.3) is 0 Å². The number of hydrogen-bond acceptors (Lipinski definition) is 4. The maximum absolute atomic E-state index is 5.48. The molecule has 0 radical (unpaired) electrons. The van der Waals surface area contributed by atoms with E-state index >= 15 is 0 Å². The van der Waals surface area contributed by atoms with E-state index in [-0.39, 0.29) is 6.04 Å². The summed E-state index contributed by atoms with van der Waals surface area (Å²) in [4.78, 5) is 8.21. The van der Waals surface area contributed by atoms with Crippen LogP contribution in [0.4, 0.5) is 0 Å². The second kappa shape index (κ2) is 7.90. The zero-order valence-corrected chi connectivity index (χ0v) is 14.9. The Bertz CT molecular complexity index is 816. The summed E-state index contributed by atoms with van der Waals surface area (Å²) in [5, 5.41) is 3.58. The van der Waals surface area contributed by atoms with Crippen LogP contribution in [0.15, 0.2) is 61.2 Å². The number of hydrogen-bond donors (Lipinski definition) is 1. The smallest absolute Gasteiger partial charge is 0.126 e. The number of nitrogens with zero attached hydrogens (tertiary/aromatic N) is 2. The first-order valence-electron chi connectivity index (χ1n) is 8.39. The molecule has 0 saturated heterocycles. The first kappa shape index (κ1) is 17.1. The molecular weight excluding hydrogens is 310 g/mol. The molecule has 1 aromatic heterocycles. The SMILES string of the molecule is COc1ccc(CN[C@H](C)c2ccc(C)cc2)cc1-c1cncnc1. The molecule has 1 heterocycles. The Balaban J connectivity index is 1.76. The molecule has 4 nitrogen and oxygen atoms in total. The lowest BCUT2D eigenvalue weighted by molar-refractivity contribution is 0.416. The Morgan fingerprint density at radius 1 is 1.04 bits per heavy atom. The minimum atomic E-state index is 0.284. The maximum Gasteiger partial charge on any atom is 0.126 e. The summed E-state index contributed by atoms with van der Waals surface area (Å²) in [6.07, 6.45) is 5.14. The number of rotatable bonds is 6. The van der Waals surface area contributed by atoms with Crippen molar-refractivity contribution < 1.29 is 4.74 Å². The molecule has 0 spiro atoms. The monoisotopic (exact) mass is 333 g/mol. The van der Waals surface area contributed by atoms with Crippen LogP contribution in [0.1, 0.15) is 29.7 Å². The van der Waals surface area contributed by atoms with Gasteiger partial charge in [-0.05, 0) is 37.1 Å². The highest BCUT2D eigenvalue weighted by atomic mass is 16.5. The fraction of sp³-hybridized carbons (Fsp3) is 0.238. The van der Waals surface area contributed by atoms with Crippen LogP contribution in [-0.2, 0) is 6.54 Å². The third kappa shape index (κ3) is 4.22. The number of aryl methyl sites for hydroxylation is 1. The summed E-state index contributed by atoms with van der Waals surface area (Å²) in [6.45, 7) is 5.06. The lowest BCUT2D eigenvalue weighted by atomic mass is 10.0. The molecule has 0 bridgehead atoms. The van der Waals surface area contributed by atoms with E-state index in [1.807, 2.05) is 6.07 Å². The molecule has 0 unspecified atom stereocenters. The van der Waals surface area contributed by atoms with Crippen LogP contribution in [0.3, 0.4) is 0 Å². The molecule has 3 rings (SSSR count). The Morgan fingerprint density at radius 2 is 1.76 bits per heavy atom. The summed E-state index contributed by atoms with van der Waals surface area (Å²) in [5.74, 6) is 0.824. The van der Waals surface area contributed by atoms with E-state index in [1.54, 1.807) is 19.5 Å². The van der Waals surface area contributed by atoms with E-state index in [9.17, 15) is 0 Å². The van der Waals surface area contributed by atoms with E-state index in [0.717, 1.165) is 23.4 Å². The van der Waals surface area contributed by atoms with Crippen molar-refractivity contribution in [1.82, 2.24) is 15.3 Å². The molecular formula is C21H23N3O. The Kier molecular flexibility index (Phi) is 5.41. The molecule has 0 saturated carbocycles. The first-order chi connectivity index (χ1) is 12.2. The Morgan fingerprint density at radius 3 is 2.44 bits per heavy atom.